The van der Waals surface area contributed by atoms with Crippen LogP contribution in [0.4, 0.5) is 0 Å². The van der Waals surface area contributed by atoms with E-state index in [1.807, 2.05) is 12.4 Å². The van der Waals surface area contributed by atoms with E-state index in [2.05, 4.69) is 47.4 Å². The van der Waals surface area contributed by atoms with Crippen LogP contribution in [-0.2, 0) is 6.42 Å². The van der Waals surface area contributed by atoms with E-state index in [4.69, 9.17) is 9.97 Å². The molecule has 27 heavy (non-hydrogen) atoms. The van der Waals surface area contributed by atoms with Crippen LogP contribution in [-0.4, -0.2) is 24.5 Å². The van der Waals surface area contributed by atoms with Crippen LogP contribution in [0.2, 0.25) is 0 Å². The van der Waals surface area contributed by atoms with Crippen LogP contribution in [0.3, 0.4) is 0 Å². The number of imidazole rings is 1. The van der Waals surface area contributed by atoms with Crippen molar-refractivity contribution >= 4 is 16.7 Å². The van der Waals surface area contributed by atoms with Gasteiger partial charge in [0.15, 0.2) is 5.65 Å². The summed E-state index contributed by atoms with van der Waals surface area (Å²) in [6.07, 6.45) is 12.0. The van der Waals surface area contributed by atoms with E-state index in [0.29, 0.717) is 12.0 Å². The molecule has 0 unspecified atom stereocenters. The first kappa shape index (κ1) is 16.6. The second-order valence-electron chi connectivity index (χ2n) is 8.06. The van der Waals surface area contributed by atoms with Gasteiger partial charge in [0.1, 0.15) is 11.6 Å². The van der Waals surface area contributed by atoms with Gasteiger partial charge in [0, 0.05) is 35.5 Å². The van der Waals surface area contributed by atoms with E-state index in [1.54, 1.807) is 0 Å². The van der Waals surface area contributed by atoms with Gasteiger partial charge in [-0.25, -0.2) is 19.9 Å². The third kappa shape index (κ3) is 2.85. The number of hydrogen-bond acceptors (Lipinski definition) is 4. The van der Waals surface area contributed by atoms with Crippen molar-refractivity contribution in [3.63, 3.8) is 0 Å². The SMILES string of the molecule is Cc1nc2ncc(C3=CCCCc4nc(C5CC5)ncc43)cc2n1C(C)C. The molecule has 0 spiro atoms. The largest absolute Gasteiger partial charge is 0.324 e. The van der Waals surface area contributed by atoms with Gasteiger partial charge in [-0.05, 0) is 64.5 Å². The molecule has 3 aromatic rings. The average Bonchev–Trinajstić information content (AvgIpc) is 3.45. The lowest BCUT2D eigenvalue weighted by Crippen LogP contribution is -2.04. The highest BCUT2D eigenvalue weighted by molar-refractivity contribution is 5.85. The Labute approximate surface area is 159 Å². The van der Waals surface area contributed by atoms with Crippen LogP contribution in [0.5, 0.6) is 0 Å². The maximum absolute atomic E-state index is 4.93. The Balaban J connectivity index is 1.64. The number of pyridine rings is 1. The van der Waals surface area contributed by atoms with Crippen molar-refractivity contribution < 1.29 is 0 Å². The average molecular weight is 359 g/mol. The molecular formula is C22H25N5. The van der Waals surface area contributed by atoms with Crippen LogP contribution in [0.15, 0.2) is 24.5 Å². The molecule has 0 atom stereocenters. The molecular weight excluding hydrogens is 334 g/mol. The Morgan fingerprint density at radius 3 is 2.74 bits per heavy atom. The Bertz CT molecular complexity index is 1060. The zero-order chi connectivity index (χ0) is 18.5. The second kappa shape index (κ2) is 6.25. The maximum Gasteiger partial charge on any atom is 0.177 e. The first-order valence-corrected chi connectivity index (χ1v) is 10.0. The maximum atomic E-state index is 4.93. The second-order valence-corrected chi connectivity index (χ2v) is 8.06. The number of aromatic nitrogens is 5. The minimum absolute atomic E-state index is 0.354. The van der Waals surface area contributed by atoms with Crippen molar-refractivity contribution in [3.05, 3.63) is 53.0 Å². The predicted molar refractivity (Wildman–Crippen MR) is 107 cm³/mol. The van der Waals surface area contributed by atoms with Crippen LogP contribution in [0.1, 0.15) is 80.0 Å². The van der Waals surface area contributed by atoms with Crippen LogP contribution in [0.25, 0.3) is 16.7 Å². The number of allylic oxidation sites excluding steroid dienone is 1. The smallest absolute Gasteiger partial charge is 0.177 e. The number of rotatable bonds is 3. The lowest BCUT2D eigenvalue weighted by Gasteiger charge is -2.13. The molecule has 0 amide bonds. The van der Waals surface area contributed by atoms with E-state index >= 15 is 0 Å². The lowest BCUT2D eigenvalue weighted by molar-refractivity contribution is 0.600. The molecule has 5 heteroatoms. The molecule has 0 radical (unpaired) electrons. The molecule has 0 aromatic carbocycles. The highest BCUT2D eigenvalue weighted by Gasteiger charge is 2.28. The molecule has 3 aromatic heterocycles. The first-order chi connectivity index (χ1) is 13.1. The van der Waals surface area contributed by atoms with E-state index in [-0.39, 0.29) is 0 Å². The van der Waals surface area contributed by atoms with Crippen LogP contribution < -0.4 is 0 Å². The van der Waals surface area contributed by atoms with E-state index in [0.717, 1.165) is 47.6 Å². The van der Waals surface area contributed by atoms with Gasteiger partial charge >= 0.3 is 0 Å². The Kier molecular flexibility index (Phi) is 3.85. The molecule has 1 saturated carbocycles. The van der Waals surface area contributed by atoms with Gasteiger partial charge in [-0.3, -0.25) is 0 Å². The number of fused-ring (bicyclic) bond motifs is 2. The summed E-state index contributed by atoms with van der Waals surface area (Å²) in [5.74, 6) is 2.64. The summed E-state index contributed by atoms with van der Waals surface area (Å²) in [6, 6.07) is 2.59. The summed E-state index contributed by atoms with van der Waals surface area (Å²) in [6.45, 7) is 6.43. The molecule has 0 N–H and O–H groups in total. The zero-order valence-electron chi connectivity index (χ0n) is 16.2. The van der Waals surface area contributed by atoms with Crippen molar-refractivity contribution in [3.8, 4) is 0 Å². The lowest BCUT2D eigenvalue weighted by atomic mass is 9.99. The Morgan fingerprint density at radius 1 is 1.11 bits per heavy atom. The normalized spacial score (nSPS) is 17.1. The number of hydrogen-bond donors (Lipinski definition) is 0. The van der Waals surface area contributed by atoms with Gasteiger partial charge in [0.2, 0.25) is 0 Å². The highest BCUT2D eigenvalue weighted by atomic mass is 15.1. The third-order valence-electron chi connectivity index (χ3n) is 5.64. The third-order valence-corrected chi connectivity index (χ3v) is 5.64. The van der Waals surface area contributed by atoms with Gasteiger partial charge < -0.3 is 4.57 Å². The molecule has 138 valence electrons. The fourth-order valence-electron chi connectivity index (χ4n) is 4.18. The van der Waals surface area contributed by atoms with Crippen molar-refractivity contribution in [2.75, 3.05) is 0 Å². The molecule has 3 heterocycles. The minimum atomic E-state index is 0.354. The summed E-state index contributed by atoms with van der Waals surface area (Å²) in [4.78, 5) is 18.9. The standard InChI is InChI=1S/C22H25N5/c1-13(2)27-14(3)25-22-20(27)10-16(11-23-22)17-6-4-5-7-19-18(17)12-24-21(26-19)15-8-9-15/h6,10-13,15H,4-5,7-9H2,1-3H3. The monoisotopic (exact) mass is 359 g/mol. The fourth-order valence-corrected chi connectivity index (χ4v) is 4.18. The number of aryl methyl sites for hydroxylation is 2. The van der Waals surface area contributed by atoms with Gasteiger partial charge in [-0.15, -0.1) is 0 Å². The summed E-state index contributed by atoms with van der Waals surface area (Å²) < 4.78 is 2.26. The molecule has 0 saturated heterocycles. The first-order valence-electron chi connectivity index (χ1n) is 10.0. The highest BCUT2D eigenvalue weighted by Crippen LogP contribution is 2.39. The van der Waals surface area contributed by atoms with Gasteiger partial charge in [-0.1, -0.05) is 6.08 Å². The molecule has 0 bridgehead atoms. The summed E-state index contributed by atoms with van der Waals surface area (Å²) in [7, 11) is 0. The molecule has 1 fully saturated rings. The predicted octanol–water partition coefficient (Wildman–Crippen LogP) is 4.76. The van der Waals surface area contributed by atoms with Crippen molar-refractivity contribution in [2.45, 2.75) is 64.8 Å². The van der Waals surface area contributed by atoms with Gasteiger partial charge in [0.05, 0.1) is 11.2 Å². The van der Waals surface area contributed by atoms with E-state index < -0.39 is 0 Å². The van der Waals surface area contributed by atoms with Gasteiger partial charge in [-0.2, -0.15) is 0 Å². The van der Waals surface area contributed by atoms with Crippen molar-refractivity contribution in [1.29, 1.82) is 0 Å². The Hall–Kier alpha value is -2.56. The van der Waals surface area contributed by atoms with Crippen molar-refractivity contribution in [1.82, 2.24) is 24.5 Å². The van der Waals surface area contributed by atoms with Gasteiger partial charge in [0.25, 0.3) is 0 Å². The quantitative estimate of drug-likeness (QED) is 0.677. The van der Waals surface area contributed by atoms with E-state index in [9.17, 15) is 0 Å². The fraction of sp³-hybridized carbons (Fsp3) is 0.455. The topological polar surface area (TPSA) is 56.5 Å². The van der Waals surface area contributed by atoms with Crippen molar-refractivity contribution in [2.24, 2.45) is 0 Å². The van der Waals surface area contributed by atoms with Crippen LogP contribution >= 0.6 is 0 Å². The summed E-state index contributed by atoms with van der Waals surface area (Å²) in [5, 5.41) is 0. The molecule has 0 aliphatic heterocycles. The minimum Gasteiger partial charge on any atom is -0.324 e. The Morgan fingerprint density at radius 2 is 1.96 bits per heavy atom. The summed E-state index contributed by atoms with van der Waals surface area (Å²) >= 11 is 0. The molecule has 2 aliphatic carbocycles. The number of nitrogens with zero attached hydrogens (tertiary/aromatic N) is 5. The van der Waals surface area contributed by atoms with E-state index in [1.165, 1.54) is 29.7 Å². The molecule has 5 rings (SSSR count). The zero-order valence-corrected chi connectivity index (χ0v) is 16.2. The van der Waals surface area contributed by atoms with Crippen LogP contribution in [0, 0.1) is 6.92 Å². The molecule has 2 aliphatic rings. The summed E-state index contributed by atoms with van der Waals surface area (Å²) in [5.41, 5.74) is 6.64. The molecule has 5 nitrogen and oxygen atoms in total.